The summed E-state index contributed by atoms with van der Waals surface area (Å²) in [6.07, 6.45) is 0.178. The minimum absolute atomic E-state index is 0.0357. The van der Waals surface area contributed by atoms with Gasteiger partial charge >= 0.3 is 0 Å². The molecule has 0 spiro atoms. The highest BCUT2D eigenvalue weighted by molar-refractivity contribution is 5.98. The average Bonchev–Trinajstić information content (AvgIpc) is 2.47. The third-order valence-corrected chi connectivity index (χ3v) is 3.23. The van der Waals surface area contributed by atoms with Crippen LogP contribution in [-0.2, 0) is 6.42 Å². The van der Waals surface area contributed by atoms with E-state index in [1.165, 1.54) is 6.07 Å². The molecule has 0 aliphatic carbocycles. The SMILES string of the molecule is COc1cccc(CC(=O)c2ccc(C)c([N+](=O)[O-])c2)c1. The molecule has 0 saturated heterocycles. The molecule has 0 radical (unpaired) electrons. The third kappa shape index (κ3) is 3.45. The molecule has 0 saturated carbocycles. The number of Topliss-reactive ketones (excluding diaryl/α,β-unsaturated/α-hetero) is 1. The van der Waals surface area contributed by atoms with Gasteiger partial charge in [0.05, 0.1) is 12.0 Å². The third-order valence-electron chi connectivity index (χ3n) is 3.23. The van der Waals surface area contributed by atoms with Gasteiger partial charge < -0.3 is 4.74 Å². The Bertz CT molecular complexity index is 694. The van der Waals surface area contributed by atoms with Gasteiger partial charge in [0.25, 0.3) is 5.69 Å². The maximum absolute atomic E-state index is 12.2. The number of aryl methyl sites for hydroxylation is 1. The fraction of sp³-hybridized carbons (Fsp3) is 0.188. The van der Waals surface area contributed by atoms with E-state index < -0.39 is 4.92 Å². The van der Waals surface area contributed by atoms with Gasteiger partial charge in [0.2, 0.25) is 0 Å². The topological polar surface area (TPSA) is 69.4 Å². The van der Waals surface area contributed by atoms with Gasteiger partial charge in [-0.2, -0.15) is 0 Å². The second-order valence-corrected chi connectivity index (χ2v) is 4.71. The molecule has 108 valence electrons. The van der Waals surface area contributed by atoms with E-state index in [-0.39, 0.29) is 17.9 Å². The second kappa shape index (κ2) is 6.17. The Kier molecular flexibility index (Phi) is 4.33. The van der Waals surface area contributed by atoms with Crippen LogP contribution in [0.1, 0.15) is 21.5 Å². The Labute approximate surface area is 122 Å². The van der Waals surface area contributed by atoms with Gasteiger partial charge in [-0.15, -0.1) is 0 Å². The quantitative estimate of drug-likeness (QED) is 0.480. The summed E-state index contributed by atoms with van der Waals surface area (Å²) in [7, 11) is 1.56. The first-order valence-electron chi connectivity index (χ1n) is 6.42. The maximum Gasteiger partial charge on any atom is 0.273 e. The predicted molar refractivity (Wildman–Crippen MR) is 78.9 cm³/mol. The Morgan fingerprint density at radius 1 is 1.24 bits per heavy atom. The van der Waals surface area contributed by atoms with E-state index in [9.17, 15) is 14.9 Å². The normalized spacial score (nSPS) is 10.2. The number of methoxy groups -OCH3 is 1. The first kappa shape index (κ1) is 14.7. The van der Waals surface area contributed by atoms with Crippen LogP contribution in [0.15, 0.2) is 42.5 Å². The molecule has 2 rings (SSSR count). The van der Waals surface area contributed by atoms with Crippen LogP contribution < -0.4 is 4.74 Å². The molecule has 0 aromatic heterocycles. The molecular weight excluding hydrogens is 270 g/mol. The molecule has 5 nitrogen and oxygen atoms in total. The summed E-state index contributed by atoms with van der Waals surface area (Å²) in [6, 6.07) is 11.7. The molecule has 0 amide bonds. The Morgan fingerprint density at radius 2 is 2.00 bits per heavy atom. The van der Waals surface area contributed by atoms with E-state index in [1.807, 2.05) is 6.07 Å². The van der Waals surface area contributed by atoms with Gasteiger partial charge in [0, 0.05) is 23.6 Å². The van der Waals surface area contributed by atoms with Crippen LogP contribution in [0.4, 0.5) is 5.69 Å². The van der Waals surface area contributed by atoms with E-state index in [0.717, 1.165) is 5.56 Å². The number of nitro benzene ring substituents is 1. The molecule has 2 aromatic rings. The molecule has 0 heterocycles. The zero-order valence-electron chi connectivity index (χ0n) is 11.8. The fourth-order valence-electron chi connectivity index (χ4n) is 2.05. The molecule has 0 N–H and O–H groups in total. The molecule has 0 fully saturated rings. The Morgan fingerprint density at radius 3 is 2.67 bits per heavy atom. The van der Waals surface area contributed by atoms with Crippen LogP contribution in [0.25, 0.3) is 0 Å². The molecule has 5 heteroatoms. The van der Waals surface area contributed by atoms with E-state index in [2.05, 4.69) is 0 Å². The van der Waals surface area contributed by atoms with Crippen molar-refractivity contribution in [3.63, 3.8) is 0 Å². The van der Waals surface area contributed by atoms with E-state index in [0.29, 0.717) is 16.9 Å². The first-order valence-corrected chi connectivity index (χ1v) is 6.42. The minimum Gasteiger partial charge on any atom is -0.497 e. The summed E-state index contributed by atoms with van der Waals surface area (Å²) in [5.41, 5.74) is 1.65. The van der Waals surface area contributed by atoms with Gasteiger partial charge in [-0.25, -0.2) is 0 Å². The van der Waals surface area contributed by atoms with Crippen molar-refractivity contribution in [2.24, 2.45) is 0 Å². The summed E-state index contributed by atoms with van der Waals surface area (Å²) in [4.78, 5) is 22.7. The van der Waals surface area contributed by atoms with Gasteiger partial charge in [-0.3, -0.25) is 14.9 Å². The average molecular weight is 285 g/mol. The minimum atomic E-state index is -0.475. The van der Waals surface area contributed by atoms with Crippen molar-refractivity contribution in [1.82, 2.24) is 0 Å². The highest BCUT2D eigenvalue weighted by atomic mass is 16.6. The van der Waals surface area contributed by atoms with Crippen molar-refractivity contribution >= 4 is 11.5 Å². The number of hydrogen-bond donors (Lipinski definition) is 0. The summed E-state index contributed by atoms with van der Waals surface area (Å²) in [5, 5.41) is 10.9. The van der Waals surface area contributed by atoms with E-state index >= 15 is 0 Å². The van der Waals surface area contributed by atoms with Crippen LogP contribution in [-0.4, -0.2) is 17.8 Å². The number of benzene rings is 2. The van der Waals surface area contributed by atoms with Crippen molar-refractivity contribution < 1.29 is 14.5 Å². The molecule has 2 aromatic carbocycles. The first-order chi connectivity index (χ1) is 10.0. The number of ketones is 1. The molecule has 0 bridgehead atoms. The van der Waals surface area contributed by atoms with Gasteiger partial charge in [0.15, 0.2) is 5.78 Å². The predicted octanol–water partition coefficient (Wildman–Crippen LogP) is 3.34. The number of carbonyl (C=O) groups is 1. The number of rotatable bonds is 5. The lowest BCUT2D eigenvalue weighted by Crippen LogP contribution is -2.05. The lowest BCUT2D eigenvalue weighted by atomic mass is 10.0. The Balaban J connectivity index is 2.24. The van der Waals surface area contributed by atoms with Crippen molar-refractivity contribution in [1.29, 1.82) is 0 Å². The van der Waals surface area contributed by atoms with Crippen molar-refractivity contribution in [2.45, 2.75) is 13.3 Å². The van der Waals surface area contributed by atoms with Crippen LogP contribution in [0.5, 0.6) is 5.75 Å². The zero-order valence-corrected chi connectivity index (χ0v) is 11.8. The monoisotopic (exact) mass is 285 g/mol. The number of hydrogen-bond acceptors (Lipinski definition) is 4. The van der Waals surface area contributed by atoms with Crippen LogP contribution >= 0.6 is 0 Å². The summed E-state index contributed by atoms with van der Waals surface area (Å²) >= 11 is 0. The Hall–Kier alpha value is -2.69. The standard InChI is InChI=1S/C16H15NO4/c1-11-6-7-13(10-15(11)17(19)20)16(18)9-12-4-3-5-14(8-12)21-2/h3-8,10H,9H2,1-2H3. The zero-order chi connectivity index (χ0) is 15.4. The van der Waals surface area contributed by atoms with Crippen LogP contribution in [0, 0.1) is 17.0 Å². The fourth-order valence-corrected chi connectivity index (χ4v) is 2.05. The van der Waals surface area contributed by atoms with Crippen molar-refractivity contribution in [2.75, 3.05) is 7.11 Å². The summed E-state index contributed by atoms with van der Waals surface area (Å²) in [6.45, 7) is 1.65. The summed E-state index contributed by atoms with van der Waals surface area (Å²) in [5.74, 6) is 0.515. The largest absolute Gasteiger partial charge is 0.497 e. The molecule has 0 aliphatic rings. The van der Waals surface area contributed by atoms with Crippen LogP contribution in [0.2, 0.25) is 0 Å². The number of nitro groups is 1. The molecule has 21 heavy (non-hydrogen) atoms. The number of ether oxygens (including phenoxy) is 1. The van der Waals surface area contributed by atoms with Crippen molar-refractivity contribution in [3.8, 4) is 5.75 Å². The highest BCUT2D eigenvalue weighted by Gasteiger charge is 2.15. The number of carbonyl (C=O) groups excluding carboxylic acids is 1. The molecule has 0 atom stereocenters. The van der Waals surface area contributed by atoms with E-state index in [4.69, 9.17) is 4.74 Å². The lowest BCUT2D eigenvalue weighted by Gasteiger charge is -2.05. The number of nitrogens with zero attached hydrogens (tertiary/aromatic N) is 1. The van der Waals surface area contributed by atoms with Gasteiger partial charge in [-0.05, 0) is 24.6 Å². The second-order valence-electron chi connectivity index (χ2n) is 4.71. The maximum atomic E-state index is 12.2. The van der Waals surface area contributed by atoms with Gasteiger partial charge in [-0.1, -0.05) is 24.3 Å². The molecule has 0 unspecified atom stereocenters. The van der Waals surface area contributed by atoms with Crippen LogP contribution in [0.3, 0.4) is 0 Å². The molecular formula is C16H15NO4. The molecule has 0 aliphatic heterocycles. The lowest BCUT2D eigenvalue weighted by molar-refractivity contribution is -0.385. The van der Waals surface area contributed by atoms with E-state index in [1.54, 1.807) is 44.4 Å². The highest BCUT2D eigenvalue weighted by Crippen LogP contribution is 2.21. The smallest absolute Gasteiger partial charge is 0.273 e. The van der Waals surface area contributed by atoms with Crippen molar-refractivity contribution in [3.05, 3.63) is 69.3 Å². The van der Waals surface area contributed by atoms with Gasteiger partial charge in [0.1, 0.15) is 5.75 Å². The summed E-state index contributed by atoms with van der Waals surface area (Å²) < 4.78 is 5.11.